The lowest BCUT2D eigenvalue weighted by molar-refractivity contribution is -0.143. The number of benzene rings is 1. The van der Waals surface area contributed by atoms with Gasteiger partial charge in [0, 0.05) is 24.4 Å². The molecule has 0 saturated heterocycles. The molecule has 2 aromatic rings. The van der Waals surface area contributed by atoms with Crippen molar-refractivity contribution in [1.29, 1.82) is 0 Å². The third-order valence-electron chi connectivity index (χ3n) is 5.50. The maximum Gasteiger partial charge on any atom is 0.242 e. The minimum atomic E-state index is -0.422. The molecular formula is C25H33FN2O3S. The van der Waals surface area contributed by atoms with E-state index in [4.69, 9.17) is 4.74 Å². The molecule has 0 unspecified atom stereocenters. The van der Waals surface area contributed by atoms with Gasteiger partial charge in [-0.25, -0.2) is 4.39 Å². The van der Waals surface area contributed by atoms with E-state index in [1.54, 1.807) is 39.3 Å². The summed E-state index contributed by atoms with van der Waals surface area (Å²) in [4.78, 5) is 30.9. The van der Waals surface area contributed by atoms with Crippen LogP contribution in [0.5, 0.6) is 5.75 Å². The van der Waals surface area contributed by atoms with E-state index in [1.165, 1.54) is 10.9 Å². The number of halogens is 1. The van der Waals surface area contributed by atoms with Crippen LogP contribution in [0.25, 0.3) is 0 Å². The number of para-hydroxylation sites is 1. The fourth-order valence-corrected chi connectivity index (χ4v) is 4.96. The van der Waals surface area contributed by atoms with Crippen LogP contribution in [0.4, 0.5) is 4.39 Å². The summed E-state index contributed by atoms with van der Waals surface area (Å²) in [6.45, 7) is 9.43. The minimum Gasteiger partial charge on any atom is -0.488 e. The van der Waals surface area contributed by atoms with Gasteiger partial charge < -0.3 is 14.5 Å². The van der Waals surface area contributed by atoms with Crippen LogP contribution in [0, 0.1) is 17.7 Å². The van der Waals surface area contributed by atoms with Crippen LogP contribution in [0.1, 0.15) is 50.6 Å². The maximum atomic E-state index is 14.1. The Kier molecular flexibility index (Phi) is 8.29. The number of nitrogens with zero attached hydrogens (tertiary/aromatic N) is 2. The first kappa shape index (κ1) is 24.2. The monoisotopic (exact) mass is 460 g/mol. The molecule has 1 aromatic heterocycles. The molecule has 3 rings (SSSR count). The van der Waals surface area contributed by atoms with Gasteiger partial charge in [0.1, 0.15) is 6.61 Å². The average molecular weight is 461 g/mol. The van der Waals surface area contributed by atoms with E-state index in [9.17, 15) is 14.0 Å². The number of amides is 2. The molecule has 1 aromatic carbocycles. The van der Waals surface area contributed by atoms with Crippen molar-refractivity contribution in [3.05, 3.63) is 52.0 Å². The van der Waals surface area contributed by atoms with Gasteiger partial charge in [0.15, 0.2) is 11.6 Å². The van der Waals surface area contributed by atoms with Gasteiger partial charge in [0.25, 0.3) is 0 Å². The zero-order valence-corrected chi connectivity index (χ0v) is 20.2. The molecule has 2 amide bonds. The van der Waals surface area contributed by atoms with Crippen molar-refractivity contribution in [2.45, 2.75) is 46.6 Å². The second-order valence-corrected chi connectivity index (χ2v) is 10.2. The fraction of sp³-hybridized carbons (Fsp3) is 0.520. The van der Waals surface area contributed by atoms with Crippen LogP contribution in [-0.4, -0.2) is 47.9 Å². The summed E-state index contributed by atoms with van der Waals surface area (Å²) in [6, 6.07) is 8.01. The highest BCUT2D eigenvalue weighted by Gasteiger charge is 2.33. The third kappa shape index (κ3) is 6.09. The van der Waals surface area contributed by atoms with Crippen molar-refractivity contribution in [3.8, 4) is 5.75 Å². The van der Waals surface area contributed by atoms with E-state index < -0.39 is 5.82 Å². The number of rotatable bonds is 9. The molecule has 5 nitrogen and oxygen atoms in total. The van der Waals surface area contributed by atoms with Gasteiger partial charge in [-0.1, -0.05) is 39.8 Å². The number of carbonyl (C=O) groups is 2. The number of fused-ring (bicyclic) bond motifs is 1. The standard InChI is InChI=1S/C25H33FN2O3S/c1-17(2)13-24(29)27(14-18(3)4)15-25(30)28-11-9-23-19(10-12-32-23)21(28)16-31-22-8-6-5-7-20(22)26/h5-8,10,12,17-18,21H,9,11,13-16H2,1-4H3/t21-/m0/s1. The summed E-state index contributed by atoms with van der Waals surface area (Å²) in [5.74, 6) is 0.169. The number of thiophene rings is 1. The van der Waals surface area contributed by atoms with Crippen molar-refractivity contribution in [2.75, 3.05) is 26.2 Å². The van der Waals surface area contributed by atoms with Crippen molar-refractivity contribution in [3.63, 3.8) is 0 Å². The number of carbonyl (C=O) groups excluding carboxylic acids is 2. The van der Waals surface area contributed by atoms with Crippen LogP contribution in [0.15, 0.2) is 35.7 Å². The first-order valence-electron chi connectivity index (χ1n) is 11.3. The lowest BCUT2D eigenvalue weighted by Crippen LogP contribution is -2.48. The Bertz CT molecular complexity index is 927. The van der Waals surface area contributed by atoms with E-state index in [2.05, 4.69) is 0 Å². The van der Waals surface area contributed by atoms with Gasteiger partial charge in [-0.2, -0.15) is 0 Å². The Balaban J connectivity index is 1.77. The van der Waals surface area contributed by atoms with Gasteiger partial charge in [-0.3, -0.25) is 9.59 Å². The molecule has 1 aliphatic rings. The Hall–Kier alpha value is -2.41. The van der Waals surface area contributed by atoms with Crippen LogP contribution < -0.4 is 4.74 Å². The van der Waals surface area contributed by atoms with Gasteiger partial charge in [-0.05, 0) is 47.4 Å². The minimum absolute atomic E-state index is 0.00874. The fourth-order valence-electron chi connectivity index (χ4n) is 4.03. The second kappa shape index (κ2) is 10.9. The van der Waals surface area contributed by atoms with E-state index in [0.29, 0.717) is 19.5 Å². The summed E-state index contributed by atoms with van der Waals surface area (Å²) in [5.41, 5.74) is 1.05. The summed E-state index contributed by atoms with van der Waals surface area (Å²) in [7, 11) is 0. The normalized spacial score (nSPS) is 15.7. The van der Waals surface area contributed by atoms with E-state index in [0.717, 1.165) is 12.0 Å². The Morgan fingerprint density at radius 3 is 2.62 bits per heavy atom. The SMILES string of the molecule is CC(C)CC(=O)N(CC(=O)N1CCc2sccc2[C@@H]1COc1ccccc1F)CC(C)C. The Labute approximate surface area is 194 Å². The molecular weight excluding hydrogens is 427 g/mol. The Morgan fingerprint density at radius 1 is 1.19 bits per heavy atom. The average Bonchev–Trinajstić information content (AvgIpc) is 3.20. The van der Waals surface area contributed by atoms with Gasteiger partial charge in [0.2, 0.25) is 11.8 Å². The number of ether oxygens (including phenoxy) is 1. The smallest absolute Gasteiger partial charge is 0.242 e. The van der Waals surface area contributed by atoms with E-state index >= 15 is 0 Å². The largest absolute Gasteiger partial charge is 0.488 e. The molecule has 2 heterocycles. The quantitative estimate of drug-likeness (QED) is 0.534. The van der Waals surface area contributed by atoms with Gasteiger partial charge in [0.05, 0.1) is 12.6 Å². The molecule has 0 radical (unpaired) electrons. The molecule has 0 N–H and O–H groups in total. The van der Waals surface area contributed by atoms with Crippen LogP contribution in [0.3, 0.4) is 0 Å². The summed E-state index contributed by atoms with van der Waals surface area (Å²) >= 11 is 1.67. The number of hydrogen-bond donors (Lipinski definition) is 0. The lowest BCUT2D eigenvalue weighted by Gasteiger charge is -2.37. The Morgan fingerprint density at radius 2 is 1.94 bits per heavy atom. The lowest BCUT2D eigenvalue weighted by atomic mass is 10.00. The molecule has 7 heteroatoms. The molecule has 1 atom stereocenters. The van der Waals surface area contributed by atoms with Crippen molar-refractivity contribution < 1.29 is 18.7 Å². The molecule has 0 aliphatic carbocycles. The van der Waals surface area contributed by atoms with Crippen LogP contribution in [-0.2, 0) is 16.0 Å². The third-order valence-corrected chi connectivity index (χ3v) is 6.49. The molecule has 174 valence electrons. The first-order chi connectivity index (χ1) is 15.3. The van der Waals surface area contributed by atoms with Gasteiger partial charge >= 0.3 is 0 Å². The topological polar surface area (TPSA) is 49.9 Å². The molecule has 32 heavy (non-hydrogen) atoms. The number of hydrogen-bond acceptors (Lipinski definition) is 4. The van der Waals surface area contributed by atoms with Crippen LogP contribution >= 0.6 is 11.3 Å². The summed E-state index contributed by atoms with van der Waals surface area (Å²) in [5, 5.41) is 2.02. The molecule has 0 spiro atoms. The highest BCUT2D eigenvalue weighted by atomic mass is 32.1. The summed E-state index contributed by atoms with van der Waals surface area (Å²) < 4.78 is 19.9. The molecule has 0 saturated carbocycles. The summed E-state index contributed by atoms with van der Waals surface area (Å²) in [6.07, 6.45) is 1.20. The maximum absolute atomic E-state index is 14.1. The molecule has 0 fully saturated rings. The van der Waals surface area contributed by atoms with Crippen molar-refractivity contribution >= 4 is 23.2 Å². The zero-order valence-electron chi connectivity index (χ0n) is 19.3. The highest BCUT2D eigenvalue weighted by Crippen LogP contribution is 2.34. The van der Waals surface area contributed by atoms with Crippen molar-refractivity contribution in [1.82, 2.24) is 9.80 Å². The van der Waals surface area contributed by atoms with E-state index in [-0.39, 0.29) is 48.6 Å². The molecule has 0 bridgehead atoms. The zero-order chi connectivity index (χ0) is 23.3. The highest BCUT2D eigenvalue weighted by molar-refractivity contribution is 7.10. The van der Waals surface area contributed by atoms with Crippen molar-refractivity contribution in [2.24, 2.45) is 11.8 Å². The van der Waals surface area contributed by atoms with Crippen LogP contribution in [0.2, 0.25) is 0 Å². The predicted octanol–water partition coefficient (Wildman–Crippen LogP) is 4.92. The predicted molar refractivity (Wildman–Crippen MR) is 125 cm³/mol. The van der Waals surface area contributed by atoms with E-state index in [1.807, 2.05) is 39.1 Å². The second-order valence-electron chi connectivity index (χ2n) is 9.16. The first-order valence-corrected chi connectivity index (χ1v) is 12.1. The van der Waals surface area contributed by atoms with Gasteiger partial charge in [-0.15, -0.1) is 11.3 Å². The molecule has 1 aliphatic heterocycles.